The van der Waals surface area contributed by atoms with Gasteiger partial charge in [0.1, 0.15) is 12.4 Å². The third kappa shape index (κ3) is 5.04. The molecule has 3 rings (SSSR count). The lowest BCUT2D eigenvalue weighted by molar-refractivity contribution is 0.102. The molecule has 0 saturated carbocycles. The highest BCUT2D eigenvalue weighted by Gasteiger charge is 2.10. The van der Waals surface area contributed by atoms with E-state index in [0.717, 1.165) is 21.4 Å². The average molecular weight is 371 g/mol. The predicted octanol–water partition coefficient (Wildman–Crippen LogP) is 4.48. The Morgan fingerprint density at radius 1 is 1.12 bits per heavy atom. The van der Waals surface area contributed by atoms with Gasteiger partial charge in [-0.1, -0.05) is 60.4 Å². The van der Waals surface area contributed by atoms with E-state index in [1.165, 1.54) is 11.3 Å². The van der Waals surface area contributed by atoms with E-state index in [1.54, 1.807) is 36.0 Å². The molecular formula is C18H17N3O2S2. The number of aromatic nitrogens is 2. The average Bonchev–Trinajstić information content (AvgIpc) is 3.08. The first kappa shape index (κ1) is 17.4. The van der Waals surface area contributed by atoms with Crippen LogP contribution in [-0.4, -0.2) is 21.9 Å². The number of nitrogens with zero attached hydrogens (tertiary/aromatic N) is 2. The van der Waals surface area contributed by atoms with Crippen LogP contribution >= 0.6 is 23.1 Å². The number of benzene rings is 2. The summed E-state index contributed by atoms with van der Waals surface area (Å²) in [5, 5.41) is 11.3. The summed E-state index contributed by atoms with van der Waals surface area (Å²) in [6.07, 6.45) is 0. The van der Waals surface area contributed by atoms with Gasteiger partial charge in [0.15, 0.2) is 4.34 Å². The zero-order valence-corrected chi connectivity index (χ0v) is 15.3. The molecule has 25 heavy (non-hydrogen) atoms. The van der Waals surface area contributed by atoms with Crippen molar-refractivity contribution >= 4 is 34.1 Å². The molecule has 0 aliphatic carbocycles. The molecule has 0 fully saturated rings. The number of amides is 1. The van der Waals surface area contributed by atoms with Crippen molar-refractivity contribution in [2.75, 3.05) is 11.1 Å². The lowest BCUT2D eigenvalue weighted by Crippen LogP contribution is -2.11. The first-order chi connectivity index (χ1) is 12.2. The first-order valence-electron chi connectivity index (χ1n) is 7.79. The smallest absolute Gasteiger partial charge is 0.257 e. The van der Waals surface area contributed by atoms with Crippen molar-refractivity contribution in [3.05, 3.63) is 65.7 Å². The number of carbonyl (C=O) groups excluding carboxylic acids is 1. The molecule has 0 radical (unpaired) electrons. The fourth-order valence-electron chi connectivity index (χ4n) is 2.05. The molecule has 7 heteroatoms. The van der Waals surface area contributed by atoms with Crippen LogP contribution in [0.25, 0.3) is 0 Å². The predicted molar refractivity (Wildman–Crippen MR) is 101 cm³/mol. The number of rotatable bonds is 7. The minimum atomic E-state index is -0.209. The van der Waals surface area contributed by atoms with Crippen LogP contribution in [0.15, 0.2) is 58.9 Å². The number of carbonyl (C=O) groups is 1. The summed E-state index contributed by atoms with van der Waals surface area (Å²) in [4.78, 5) is 12.3. The molecule has 5 nitrogen and oxygen atoms in total. The van der Waals surface area contributed by atoms with Gasteiger partial charge in [-0.25, -0.2) is 0 Å². The molecule has 0 spiro atoms. The second kappa shape index (κ2) is 8.64. The summed E-state index contributed by atoms with van der Waals surface area (Å²) in [5.41, 5.74) is 1.65. The van der Waals surface area contributed by atoms with Gasteiger partial charge >= 0.3 is 0 Å². The lowest BCUT2D eigenvalue weighted by atomic mass is 10.2. The van der Waals surface area contributed by atoms with Crippen LogP contribution in [0.3, 0.4) is 0 Å². The topological polar surface area (TPSA) is 64.1 Å². The van der Waals surface area contributed by atoms with Crippen LogP contribution in [0.4, 0.5) is 5.13 Å². The summed E-state index contributed by atoms with van der Waals surface area (Å²) in [6.45, 7) is 2.54. The summed E-state index contributed by atoms with van der Waals surface area (Å²) in [7, 11) is 0. The highest BCUT2D eigenvalue weighted by molar-refractivity contribution is 8.01. The van der Waals surface area contributed by atoms with E-state index in [-0.39, 0.29) is 5.91 Å². The maximum Gasteiger partial charge on any atom is 0.257 e. The van der Waals surface area contributed by atoms with E-state index in [1.807, 2.05) is 37.3 Å². The molecule has 2 aromatic carbocycles. The molecule has 0 bridgehead atoms. The van der Waals surface area contributed by atoms with Crippen LogP contribution in [0.1, 0.15) is 22.8 Å². The summed E-state index contributed by atoms with van der Waals surface area (Å²) >= 11 is 2.98. The van der Waals surface area contributed by atoms with Crippen LogP contribution in [0.2, 0.25) is 0 Å². The normalized spacial score (nSPS) is 10.4. The Labute approximate surface area is 154 Å². The molecule has 0 aliphatic rings. The standard InChI is InChI=1S/C18H17N3O2S2/c1-2-24-18-21-20-17(25-18)19-16(22)14-8-10-15(11-9-14)23-12-13-6-4-3-5-7-13/h3-11H,2,12H2,1H3,(H,19,20,22). The Kier molecular flexibility index (Phi) is 6.03. The fourth-order valence-corrected chi connectivity index (χ4v) is 3.70. The van der Waals surface area contributed by atoms with Gasteiger partial charge in [-0.15, -0.1) is 10.2 Å². The summed E-state index contributed by atoms with van der Waals surface area (Å²) in [5.74, 6) is 1.43. The third-order valence-corrected chi connectivity index (χ3v) is 5.11. The molecule has 1 N–H and O–H groups in total. The summed E-state index contributed by atoms with van der Waals surface area (Å²) < 4.78 is 6.57. The minimum absolute atomic E-state index is 0.209. The zero-order chi connectivity index (χ0) is 17.5. The molecule has 0 aliphatic heterocycles. The maximum atomic E-state index is 12.3. The first-order valence-corrected chi connectivity index (χ1v) is 9.59. The zero-order valence-electron chi connectivity index (χ0n) is 13.6. The van der Waals surface area contributed by atoms with Crippen molar-refractivity contribution in [2.45, 2.75) is 17.9 Å². The highest BCUT2D eigenvalue weighted by atomic mass is 32.2. The van der Waals surface area contributed by atoms with Gasteiger partial charge in [0.2, 0.25) is 5.13 Å². The molecule has 1 aromatic heterocycles. The molecule has 1 heterocycles. The van der Waals surface area contributed by atoms with Gasteiger partial charge in [0, 0.05) is 5.56 Å². The van der Waals surface area contributed by atoms with E-state index in [0.29, 0.717) is 17.3 Å². The van der Waals surface area contributed by atoms with Crippen molar-refractivity contribution in [2.24, 2.45) is 0 Å². The SMILES string of the molecule is CCSc1nnc(NC(=O)c2ccc(OCc3ccccc3)cc2)s1. The Morgan fingerprint density at radius 2 is 1.88 bits per heavy atom. The second-order valence-corrected chi connectivity index (χ2v) is 7.55. The van der Waals surface area contributed by atoms with Gasteiger partial charge in [-0.3, -0.25) is 10.1 Å². The van der Waals surface area contributed by atoms with Crippen molar-refractivity contribution in [1.82, 2.24) is 10.2 Å². The summed E-state index contributed by atoms with van der Waals surface area (Å²) in [6, 6.07) is 17.0. The molecule has 128 valence electrons. The number of hydrogen-bond donors (Lipinski definition) is 1. The van der Waals surface area contributed by atoms with E-state index in [9.17, 15) is 4.79 Å². The van der Waals surface area contributed by atoms with E-state index >= 15 is 0 Å². The molecular weight excluding hydrogens is 354 g/mol. The molecule has 0 unspecified atom stereocenters. The Bertz CT molecular complexity index is 820. The minimum Gasteiger partial charge on any atom is -0.489 e. The largest absolute Gasteiger partial charge is 0.489 e. The maximum absolute atomic E-state index is 12.3. The van der Waals surface area contributed by atoms with Crippen LogP contribution in [-0.2, 0) is 6.61 Å². The van der Waals surface area contributed by atoms with E-state index < -0.39 is 0 Å². The fraction of sp³-hybridized carbons (Fsp3) is 0.167. The molecule has 0 saturated heterocycles. The highest BCUT2D eigenvalue weighted by Crippen LogP contribution is 2.25. The van der Waals surface area contributed by atoms with Crippen LogP contribution in [0, 0.1) is 0 Å². The number of hydrogen-bond acceptors (Lipinski definition) is 6. The van der Waals surface area contributed by atoms with Crippen molar-refractivity contribution < 1.29 is 9.53 Å². The molecule has 1 amide bonds. The Balaban J connectivity index is 1.56. The van der Waals surface area contributed by atoms with Crippen molar-refractivity contribution in [3.8, 4) is 5.75 Å². The van der Waals surface area contributed by atoms with E-state index in [2.05, 4.69) is 15.5 Å². The quantitative estimate of drug-likeness (QED) is 0.490. The molecule has 0 atom stereocenters. The monoisotopic (exact) mass is 371 g/mol. The number of ether oxygens (including phenoxy) is 1. The molecule has 3 aromatic rings. The van der Waals surface area contributed by atoms with E-state index in [4.69, 9.17) is 4.74 Å². The number of thioether (sulfide) groups is 1. The van der Waals surface area contributed by atoms with Gasteiger partial charge in [-0.2, -0.15) is 0 Å². The Hall–Kier alpha value is -2.38. The van der Waals surface area contributed by atoms with Crippen molar-refractivity contribution in [3.63, 3.8) is 0 Å². The van der Waals surface area contributed by atoms with Gasteiger partial charge in [-0.05, 0) is 35.6 Å². The van der Waals surface area contributed by atoms with Gasteiger partial charge < -0.3 is 4.74 Å². The van der Waals surface area contributed by atoms with Gasteiger partial charge in [0.25, 0.3) is 5.91 Å². The van der Waals surface area contributed by atoms with Crippen LogP contribution in [0.5, 0.6) is 5.75 Å². The third-order valence-electron chi connectivity index (χ3n) is 3.26. The number of anilines is 1. The Morgan fingerprint density at radius 3 is 2.60 bits per heavy atom. The van der Waals surface area contributed by atoms with Crippen LogP contribution < -0.4 is 10.1 Å². The number of nitrogens with one attached hydrogen (secondary N) is 1. The van der Waals surface area contributed by atoms with Gasteiger partial charge in [0.05, 0.1) is 0 Å². The second-order valence-electron chi connectivity index (χ2n) is 5.06. The lowest BCUT2D eigenvalue weighted by Gasteiger charge is -2.07. The van der Waals surface area contributed by atoms with Crippen molar-refractivity contribution in [1.29, 1.82) is 0 Å².